The second-order valence-corrected chi connectivity index (χ2v) is 6.35. The van der Waals surface area contributed by atoms with E-state index in [0.717, 1.165) is 44.2 Å². The number of rotatable bonds is 7. The molecular weight excluding hydrogens is 294 g/mol. The number of hydrogen-bond donors (Lipinski definition) is 2. The van der Waals surface area contributed by atoms with Gasteiger partial charge in [0.05, 0.1) is 18.8 Å². The lowest BCUT2D eigenvalue weighted by atomic mass is 10.1. The van der Waals surface area contributed by atoms with E-state index < -0.39 is 5.54 Å². The van der Waals surface area contributed by atoms with Crippen LogP contribution in [-0.2, 0) is 16.1 Å². The molecule has 1 saturated heterocycles. The molecule has 2 rings (SSSR count). The summed E-state index contributed by atoms with van der Waals surface area (Å²) in [7, 11) is 0. The zero-order chi connectivity index (χ0) is 16.7. The third-order valence-corrected chi connectivity index (χ3v) is 3.72. The maximum absolute atomic E-state index is 11.8. The zero-order valence-corrected chi connectivity index (χ0v) is 14.0. The van der Waals surface area contributed by atoms with Crippen LogP contribution in [0.4, 0.5) is 0 Å². The van der Waals surface area contributed by atoms with Crippen molar-refractivity contribution in [3.8, 4) is 5.75 Å². The minimum atomic E-state index is -0.869. The van der Waals surface area contributed by atoms with Crippen LogP contribution in [0.25, 0.3) is 0 Å². The van der Waals surface area contributed by atoms with E-state index in [9.17, 15) is 4.79 Å². The standard InChI is InChI=1S/C17H27N3O3/c1-17(2,18)16(21)19-13-14-4-3-5-15(12-14)23-11-8-20-6-9-22-10-7-20/h3-5,12H,6-11,13,18H2,1-2H3,(H,19,21). The molecule has 1 aliphatic rings. The molecule has 6 nitrogen and oxygen atoms in total. The van der Waals surface area contributed by atoms with Crippen molar-refractivity contribution in [1.29, 1.82) is 0 Å². The first-order chi connectivity index (χ1) is 10.9. The van der Waals surface area contributed by atoms with Crippen molar-refractivity contribution in [2.24, 2.45) is 5.73 Å². The lowest BCUT2D eigenvalue weighted by Crippen LogP contribution is -2.48. The average molecular weight is 321 g/mol. The highest BCUT2D eigenvalue weighted by atomic mass is 16.5. The van der Waals surface area contributed by atoms with E-state index in [-0.39, 0.29) is 5.91 Å². The van der Waals surface area contributed by atoms with E-state index in [1.54, 1.807) is 13.8 Å². The molecular formula is C17H27N3O3. The first kappa shape index (κ1) is 17.7. The summed E-state index contributed by atoms with van der Waals surface area (Å²) in [5.41, 5.74) is 5.88. The van der Waals surface area contributed by atoms with Crippen LogP contribution in [0.2, 0.25) is 0 Å². The largest absolute Gasteiger partial charge is 0.492 e. The topological polar surface area (TPSA) is 76.8 Å². The van der Waals surface area contributed by atoms with Crippen LogP contribution in [0.5, 0.6) is 5.75 Å². The number of ether oxygens (including phenoxy) is 2. The Balaban J connectivity index is 1.76. The summed E-state index contributed by atoms with van der Waals surface area (Å²) in [4.78, 5) is 14.1. The molecule has 6 heteroatoms. The van der Waals surface area contributed by atoms with Gasteiger partial charge < -0.3 is 20.5 Å². The van der Waals surface area contributed by atoms with Gasteiger partial charge in [0.1, 0.15) is 12.4 Å². The van der Waals surface area contributed by atoms with Gasteiger partial charge in [-0.2, -0.15) is 0 Å². The predicted octanol–water partition coefficient (Wildman–Crippen LogP) is 0.751. The average Bonchev–Trinajstić information content (AvgIpc) is 2.53. The summed E-state index contributed by atoms with van der Waals surface area (Å²) in [6.45, 7) is 8.88. The molecule has 0 saturated carbocycles. The van der Waals surface area contributed by atoms with Gasteiger partial charge in [0.2, 0.25) is 5.91 Å². The van der Waals surface area contributed by atoms with E-state index in [0.29, 0.717) is 13.2 Å². The minimum Gasteiger partial charge on any atom is -0.492 e. The fourth-order valence-electron chi connectivity index (χ4n) is 2.27. The molecule has 0 unspecified atom stereocenters. The highest BCUT2D eigenvalue weighted by Crippen LogP contribution is 2.13. The van der Waals surface area contributed by atoms with Crippen LogP contribution in [0.1, 0.15) is 19.4 Å². The number of amides is 1. The van der Waals surface area contributed by atoms with Crippen LogP contribution >= 0.6 is 0 Å². The molecule has 0 aromatic heterocycles. The van der Waals surface area contributed by atoms with Crippen molar-refractivity contribution >= 4 is 5.91 Å². The van der Waals surface area contributed by atoms with Crippen molar-refractivity contribution < 1.29 is 14.3 Å². The summed E-state index contributed by atoms with van der Waals surface area (Å²) in [5.74, 6) is 0.646. The Labute approximate surface area is 137 Å². The number of morpholine rings is 1. The number of benzene rings is 1. The molecule has 1 amide bonds. The van der Waals surface area contributed by atoms with E-state index >= 15 is 0 Å². The minimum absolute atomic E-state index is 0.170. The van der Waals surface area contributed by atoms with Crippen molar-refractivity contribution in [3.05, 3.63) is 29.8 Å². The molecule has 0 atom stereocenters. The molecule has 0 bridgehead atoms. The molecule has 0 radical (unpaired) electrons. The third kappa shape index (κ3) is 6.17. The number of nitrogens with two attached hydrogens (primary N) is 1. The van der Waals surface area contributed by atoms with E-state index in [1.165, 1.54) is 0 Å². The number of carbonyl (C=O) groups excluding carboxylic acids is 1. The van der Waals surface area contributed by atoms with Crippen LogP contribution in [0.3, 0.4) is 0 Å². The van der Waals surface area contributed by atoms with Gasteiger partial charge in [0.15, 0.2) is 0 Å². The smallest absolute Gasteiger partial charge is 0.239 e. The van der Waals surface area contributed by atoms with Crippen molar-refractivity contribution in [3.63, 3.8) is 0 Å². The van der Waals surface area contributed by atoms with Gasteiger partial charge in [-0.25, -0.2) is 0 Å². The van der Waals surface area contributed by atoms with Crippen LogP contribution in [0.15, 0.2) is 24.3 Å². The fraction of sp³-hybridized carbons (Fsp3) is 0.588. The normalized spacial score (nSPS) is 16.1. The Hall–Kier alpha value is -1.63. The second kappa shape index (κ2) is 8.29. The van der Waals surface area contributed by atoms with E-state index in [4.69, 9.17) is 15.2 Å². The maximum atomic E-state index is 11.8. The third-order valence-electron chi connectivity index (χ3n) is 3.72. The number of carbonyl (C=O) groups is 1. The lowest BCUT2D eigenvalue weighted by molar-refractivity contribution is -0.125. The zero-order valence-electron chi connectivity index (χ0n) is 14.0. The highest BCUT2D eigenvalue weighted by molar-refractivity contribution is 5.84. The van der Waals surface area contributed by atoms with Crippen LogP contribution in [-0.4, -0.2) is 55.8 Å². The summed E-state index contributed by atoms with van der Waals surface area (Å²) >= 11 is 0. The Bertz CT molecular complexity index is 508. The number of nitrogens with zero attached hydrogens (tertiary/aromatic N) is 1. The molecule has 1 aromatic carbocycles. The summed E-state index contributed by atoms with van der Waals surface area (Å²) in [6.07, 6.45) is 0. The van der Waals surface area contributed by atoms with Crippen molar-refractivity contribution in [1.82, 2.24) is 10.2 Å². The highest BCUT2D eigenvalue weighted by Gasteiger charge is 2.21. The maximum Gasteiger partial charge on any atom is 0.239 e. The second-order valence-electron chi connectivity index (χ2n) is 6.35. The van der Waals surface area contributed by atoms with E-state index in [1.807, 2.05) is 24.3 Å². The molecule has 1 fully saturated rings. The number of nitrogens with one attached hydrogen (secondary N) is 1. The molecule has 128 valence electrons. The quantitative estimate of drug-likeness (QED) is 0.775. The Morgan fingerprint density at radius 1 is 1.39 bits per heavy atom. The first-order valence-electron chi connectivity index (χ1n) is 8.04. The summed E-state index contributed by atoms with van der Waals surface area (Å²) in [6, 6.07) is 7.76. The molecule has 1 aromatic rings. The van der Waals surface area contributed by atoms with Gasteiger partial charge >= 0.3 is 0 Å². The van der Waals surface area contributed by atoms with Gasteiger partial charge in [0, 0.05) is 26.2 Å². The Kier molecular flexibility index (Phi) is 6.38. The van der Waals surface area contributed by atoms with E-state index in [2.05, 4.69) is 10.2 Å². The summed E-state index contributed by atoms with van der Waals surface area (Å²) in [5, 5.41) is 2.83. The lowest BCUT2D eigenvalue weighted by Gasteiger charge is -2.26. The molecule has 23 heavy (non-hydrogen) atoms. The van der Waals surface area contributed by atoms with Crippen LogP contribution in [0, 0.1) is 0 Å². The van der Waals surface area contributed by atoms with Gasteiger partial charge in [-0.1, -0.05) is 12.1 Å². The summed E-state index contributed by atoms with van der Waals surface area (Å²) < 4.78 is 11.1. The van der Waals surface area contributed by atoms with Crippen molar-refractivity contribution in [2.75, 3.05) is 39.5 Å². The SMILES string of the molecule is CC(C)(N)C(=O)NCc1cccc(OCCN2CCOCC2)c1. The molecule has 1 heterocycles. The van der Waals surface area contributed by atoms with Crippen LogP contribution < -0.4 is 15.8 Å². The van der Waals surface area contributed by atoms with Gasteiger partial charge in [-0.15, -0.1) is 0 Å². The molecule has 1 aliphatic heterocycles. The molecule has 0 spiro atoms. The Morgan fingerprint density at radius 2 is 2.13 bits per heavy atom. The monoisotopic (exact) mass is 321 g/mol. The van der Waals surface area contributed by atoms with Gasteiger partial charge in [0.25, 0.3) is 0 Å². The van der Waals surface area contributed by atoms with Crippen molar-refractivity contribution in [2.45, 2.75) is 25.9 Å². The molecule has 3 N–H and O–H groups in total. The number of hydrogen-bond acceptors (Lipinski definition) is 5. The predicted molar refractivity (Wildman–Crippen MR) is 89.3 cm³/mol. The fourth-order valence-corrected chi connectivity index (χ4v) is 2.27. The van der Waals surface area contributed by atoms with Gasteiger partial charge in [-0.05, 0) is 31.5 Å². The Morgan fingerprint density at radius 3 is 2.83 bits per heavy atom. The molecule has 0 aliphatic carbocycles. The first-order valence-corrected chi connectivity index (χ1v) is 8.04. The van der Waals surface area contributed by atoms with Gasteiger partial charge in [-0.3, -0.25) is 9.69 Å².